The van der Waals surface area contributed by atoms with E-state index in [-0.39, 0.29) is 35.3 Å². The molecule has 0 unspecified atom stereocenters. The van der Waals surface area contributed by atoms with Gasteiger partial charge in [-0.15, -0.1) is 0 Å². The van der Waals surface area contributed by atoms with Crippen molar-refractivity contribution in [3.63, 3.8) is 0 Å². The van der Waals surface area contributed by atoms with E-state index in [0.29, 0.717) is 0 Å². The summed E-state index contributed by atoms with van der Waals surface area (Å²) in [4.78, 5) is 14.3. The number of hydrogen-bond donors (Lipinski definition) is 2. The van der Waals surface area contributed by atoms with Crippen LogP contribution in [0.4, 0.5) is 20.4 Å². The Hall–Kier alpha value is -1.80. The number of halogens is 4. The van der Waals surface area contributed by atoms with Crippen molar-refractivity contribution in [1.29, 1.82) is 0 Å². The zero-order valence-electron chi connectivity index (χ0n) is 9.87. The summed E-state index contributed by atoms with van der Waals surface area (Å²) in [5, 5.41) is 5.23. The predicted octanol–water partition coefficient (Wildman–Crippen LogP) is 2.38. The molecular formula is C10H8Cl2F2N6. The fraction of sp³-hybridized carbons (Fsp3) is 0.200. The molecule has 0 saturated carbocycles. The molecule has 0 aliphatic heterocycles. The lowest BCUT2D eigenvalue weighted by atomic mass is 10.5. The van der Waals surface area contributed by atoms with E-state index in [9.17, 15) is 8.78 Å². The molecule has 2 aromatic heterocycles. The lowest BCUT2D eigenvalue weighted by molar-refractivity contribution is 0.614. The van der Waals surface area contributed by atoms with Crippen LogP contribution in [0, 0.1) is 11.6 Å². The Morgan fingerprint density at radius 1 is 0.850 bits per heavy atom. The quantitative estimate of drug-likeness (QED) is 0.650. The van der Waals surface area contributed by atoms with Gasteiger partial charge in [-0.1, -0.05) is 0 Å². The molecular weight excluding hydrogens is 313 g/mol. The fourth-order valence-electron chi connectivity index (χ4n) is 1.30. The van der Waals surface area contributed by atoms with Crippen LogP contribution in [0.2, 0.25) is 10.6 Å². The Morgan fingerprint density at radius 3 is 1.65 bits per heavy atom. The summed E-state index contributed by atoms with van der Waals surface area (Å²) in [5.74, 6) is -1.34. The molecule has 106 valence electrons. The molecule has 10 heteroatoms. The third-order valence-electron chi connectivity index (χ3n) is 2.14. The smallest absolute Gasteiger partial charge is 0.224 e. The van der Waals surface area contributed by atoms with Crippen molar-refractivity contribution in [3.05, 3.63) is 34.6 Å². The zero-order chi connectivity index (χ0) is 14.5. The molecule has 0 bridgehead atoms. The highest BCUT2D eigenvalue weighted by Gasteiger charge is 2.07. The van der Waals surface area contributed by atoms with Crippen LogP contribution >= 0.6 is 23.2 Å². The number of rotatable bonds is 5. The van der Waals surface area contributed by atoms with E-state index in [1.54, 1.807) is 0 Å². The Morgan fingerprint density at radius 2 is 1.25 bits per heavy atom. The van der Waals surface area contributed by atoms with E-state index in [1.807, 2.05) is 0 Å². The van der Waals surface area contributed by atoms with Gasteiger partial charge < -0.3 is 10.6 Å². The van der Waals surface area contributed by atoms with Crippen molar-refractivity contribution in [2.75, 3.05) is 23.7 Å². The topological polar surface area (TPSA) is 75.6 Å². The molecule has 0 aromatic carbocycles. The molecule has 0 saturated heterocycles. The van der Waals surface area contributed by atoms with E-state index in [0.717, 1.165) is 12.4 Å². The summed E-state index contributed by atoms with van der Waals surface area (Å²) in [6.45, 7) is 0.511. The van der Waals surface area contributed by atoms with Gasteiger partial charge in [0.25, 0.3) is 0 Å². The lowest BCUT2D eigenvalue weighted by Crippen LogP contribution is -2.17. The lowest BCUT2D eigenvalue weighted by Gasteiger charge is -2.08. The number of aromatic nitrogens is 4. The zero-order valence-corrected chi connectivity index (χ0v) is 11.4. The highest BCUT2D eigenvalue weighted by molar-refractivity contribution is 6.28. The fourth-order valence-corrected chi connectivity index (χ4v) is 1.57. The molecule has 2 heterocycles. The van der Waals surface area contributed by atoms with Gasteiger partial charge >= 0.3 is 0 Å². The van der Waals surface area contributed by atoms with Crippen LogP contribution in [0.25, 0.3) is 0 Å². The number of hydrogen-bond acceptors (Lipinski definition) is 6. The SMILES string of the molecule is Fc1cnc(Cl)nc1NCCNc1nc(Cl)ncc1F. The summed E-state index contributed by atoms with van der Waals surface area (Å²) >= 11 is 11.1. The van der Waals surface area contributed by atoms with Crippen molar-refractivity contribution in [2.24, 2.45) is 0 Å². The van der Waals surface area contributed by atoms with Gasteiger partial charge in [-0.2, -0.15) is 9.97 Å². The minimum atomic E-state index is -0.634. The molecule has 0 aliphatic carbocycles. The van der Waals surface area contributed by atoms with Gasteiger partial charge in [0, 0.05) is 13.1 Å². The summed E-state index contributed by atoms with van der Waals surface area (Å²) in [6.07, 6.45) is 1.91. The highest BCUT2D eigenvalue weighted by atomic mass is 35.5. The van der Waals surface area contributed by atoms with Crippen LogP contribution in [0.5, 0.6) is 0 Å². The van der Waals surface area contributed by atoms with Crippen LogP contribution in [0.1, 0.15) is 0 Å². The molecule has 0 aliphatic rings. The average Bonchev–Trinajstić information content (AvgIpc) is 2.42. The van der Waals surface area contributed by atoms with Gasteiger partial charge in [-0.25, -0.2) is 18.7 Å². The molecule has 20 heavy (non-hydrogen) atoms. The molecule has 0 fully saturated rings. The molecule has 2 rings (SSSR count). The van der Waals surface area contributed by atoms with Gasteiger partial charge in [0.2, 0.25) is 10.6 Å². The van der Waals surface area contributed by atoms with Crippen molar-refractivity contribution in [1.82, 2.24) is 19.9 Å². The summed E-state index contributed by atoms with van der Waals surface area (Å²) < 4.78 is 26.5. The minimum Gasteiger partial charge on any atom is -0.366 e. The third kappa shape index (κ3) is 3.84. The first-order valence-electron chi connectivity index (χ1n) is 5.40. The van der Waals surface area contributed by atoms with Crippen LogP contribution < -0.4 is 10.6 Å². The maximum Gasteiger partial charge on any atom is 0.224 e. The van der Waals surface area contributed by atoms with Crippen molar-refractivity contribution in [2.45, 2.75) is 0 Å². The second-order valence-electron chi connectivity index (χ2n) is 3.52. The monoisotopic (exact) mass is 320 g/mol. The first-order valence-corrected chi connectivity index (χ1v) is 6.15. The van der Waals surface area contributed by atoms with E-state index < -0.39 is 11.6 Å². The van der Waals surface area contributed by atoms with E-state index in [4.69, 9.17) is 23.2 Å². The first-order chi connectivity index (χ1) is 9.56. The van der Waals surface area contributed by atoms with Crippen LogP contribution in [0.3, 0.4) is 0 Å². The van der Waals surface area contributed by atoms with Crippen LogP contribution in [0.15, 0.2) is 12.4 Å². The largest absolute Gasteiger partial charge is 0.366 e. The molecule has 6 nitrogen and oxygen atoms in total. The Kier molecular flexibility index (Phi) is 4.80. The minimum absolute atomic E-state index is 0.0343. The second kappa shape index (κ2) is 6.58. The summed E-state index contributed by atoms with van der Waals surface area (Å²) in [6, 6.07) is 0. The number of anilines is 2. The average molecular weight is 321 g/mol. The highest BCUT2D eigenvalue weighted by Crippen LogP contribution is 2.13. The van der Waals surface area contributed by atoms with Crippen molar-refractivity contribution < 1.29 is 8.78 Å². The van der Waals surface area contributed by atoms with Gasteiger partial charge in [-0.3, -0.25) is 0 Å². The van der Waals surface area contributed by atoms with E-state index >= 15 is 0 Å². The first kappa shape index (κ1) is 14.6. The Labute approximate surface area is 122 Å². The Bertz CT molecular complexity index is 559. The molecule has 2 aromatic rings. The van der Waals surface area contributed by atoms with Crippen LogP contribution in [-0.2, 0) is 0 Å². The maximum absolute atomic E-state index is 13.3. The van der Waals surface area contributed by atoms with E-state index in [2.05, 4.69) is 30.6 Å². The summed E-state index contributed by atoms with van der Waals surface area (Å²) in [5.41, 5.74) is 0. The van der Waals surface area contributed by atoms with Gasteiger partial charge in [-0.05, 0) is 23.2 Å². The second-order valence-corrected chi connectivity index (χ2v) is 4.20. The molecule has 2 N–H and O–H groups in total. The van der Waals surface area contributed by atoms with Crippen molar-refractivity contribution in [3.8, 4) is 0 Å². The number of nitrogens with one attached hydrogen (secondary N) is 2. The van der Waals surface area contributed by atoms with Gasteiger partial charge in [0.05, 0.1) is 12.4 Å². The molecule has 0 spiro atoms. The third-order valence-corrected chi connectivity index (χ3v) is 2.50. The molecule has 0 atom stereocenters. The van der Waals surface area contributed by atoms with Crippen LogP contribution in [-0.4, -0.2) is 33.0 Å². The predicted molar refractivity (Wildman–Crippen MR) is 71.0 cm³/mol. The van der Waals surface area contributed by atoms with Gasteiger partial charge in [0.15, 0.2) is 23.3 Å². The Balaban J connectivity index is 1.87. The number of nitrogens with zero attached hydrogens (tertiary/aromatic N) is 4. The summed E-state index contributed by atoms with van der Waals surface area (Å²) in [7, 11) is 0. The standard InChI is InChI=1S/C10H8Cl2F2N6/c11-9-17-3-5(13)7(19-9)15-1-2-16-8-6(14)4-18-10(12)20-8/h3-4H,1-2H2,(H,15,17,19)(H,16,18,20). The molecule has 0 amide bonds. The molecule has 0 radical (unpaired) electrons. The van der Waals surface area contributed by atoms with Crippen molar-refractivity contribution >= 4 is 34.8 Å². The maximum atomic E-state index is 13.3. The van der Waals surface area contributed by atoms with Gasteiger partial charge in [0.1, 0.15) is 0 Å². The normalized spacial score (nSPS) is 10.4. The van der Waals surface area contributed by atoms with E-state index in [1.165, 1.54) is 0 Å².